The molecule has 0 aliphatic carbocycles. The van der Waals surface area contributed by atoms with Crippen LogP contribution in [-0.2, 0) is 31.6 Å². The van der Waals surface area contributed by atoms with E-state index in [-0.39, 0.29) is 70.3 Å². The maximum atomic E-state index is 11.8. The van der Waals surface area contributed by atoms with Gasteiger partial charge in [0.25, 0.3) is 0 Å². The van der Waals surface area contributed by atoms with Gasteiger partial charge in [-0.2, -0.15) is 13.6 Å². The summed E-state index contributed by atoms with van der Waals surface area (Å²) in [4.78, 5) is 46.8. The van der Waals surface area contributed by atoms with Crippen LogP contribution in [0.3, 0.4) is 0 Å². The summed E-state index contributed by atoms with van der Waals surface area (Å²) in [5, 5.41) is 30.0. The van der Waals surface area contributed by atoms with E-state index >= 15 is 0 Å². The van der Waals surface area contributed by atoms with E-state index in [1.807, 2.05) is 0 Å². The predicted molar refractivity (Wildman–Crippen MR) is 107 cm³/mol. The number of aliphatic hydroxyl groups is 2. The van der Waals surface area contributed by atoms with Gasteiger partial charge in [0, 0.05) is 0 Å². The third-order valence-corrected chi connectivity index (χ3v) is 7.57. The molecule has 2 aromatic heterocycles. The summed E-state index contributed by atoms with van der Waals surface area (Å²) >= 11 is 0. The van der Waals surface area contributed by atoms with Crippen LogP contribution in [0.4, 0.5) is 0 Å². The van der Waals surface area contributed by atoms with Crippen molar-refractivity contribution in [3.63, 3.8) is 0 Å². The van der Waals surface area contributed by atoms with Crippen molar-refractivity contribution in [2.24, 2.45) is 0 Å². The molecule has 7 N–H and O–H groups in total. The summed E-state index contributed by atoms with van der Waals surface area (Å²) in [6.07, 6.45) is -4.05. The fourth-order valence-electron chi connectivity index (χ4n) is 2.59. The molecule has 3 rings (SSSR count). The molecular formula is C10H17N4Na2O14P3. The topological polar surface area (TPSA) is 273 Å². The number of phosphoric acid groups is 3. The van der Waals surface area contributed by atoms with Crippen molar-refractivity contribution < 1.29 is 66.5 Å². The molecule has 0 saturated carbocycles. The average Bonchev–Trinajstić information content (AvgIpc) is 3.13. The molecule has 0 radical (unpaired) electrons. The normalized spacial score (nSPS) is 26.7. The van der Waals surface area contributed by atoms with Gasteiger partial charge in [0.15, 0.2) is 17.4 Å². The van der Waals surface area contributed by atoms with E-state index in [1.54, 1.807) is 0 Å². The van der Waals surface area contributed by atoms with Gasteiger partial charge in [0.1, 0.15) is 24.6 Å². The van der Waals surface area contributed by atoms with E-state index in [2.05, 4.69) is 28.1 Å². The predicted octanol–water partition coefficient (Wildman–Crippen LogP) is -2.80. The molecular weight excluding hydrogens is 539 g/mol. The molecule has 18 nitrogen and oxygen atoms in total. The second-order valence-electron chi connectivity index (χ2n) is 5.95. The standard InChI is InChI=1S/C10H15N4O14P3.2Na.2H/c15-6-4(1-25-30(21,22)28-31(23,24)27-29(18,19)20)26-10(7(6)16)14-3-13-5-8(14)11-2-12-9(5)17;;;;/h2-4,6-7,10,15-16H,1H2,(H,21,22)(H,23,24)(H,11,12,17)(H2,18,19,20);;;;/t4-,6-,7-,10-;;;;/m1..../s1. The fraction of sp³-hybridized carbons (Fsp3) is 0.500. The van der Waals surface area contributed by atoms with Gasteiger partial charge in [-0.3, -0.25) is 9.09 Å². The second-order valence-corrected chi connectivity index (χ2v) is 10.4. The molecule has 6 atom stereocenters. The van der Waals surface area contributed by atoms with Gasteiger partial charge in [-0.05, 0) is 0 Å². The quantitative estimate of drug-likeness (QED) is 0.128. The Kier molecular flexibility index (Phi) is 11.3. The Labute approximate surface area is 227 Å². The molecule has 0 spiro atoms. The number of hydrogen-bond donors (Lipinski definition) is 7. The summed E-state index contributed by atoms with van der Waals surface area (Å²) in [5.74, 6) is -0.457. The Morgan fingerprint density at radius 2 is 1.61 bits per heavy atom. The van der Waals surface area contributed by atoms with Crippen molar-refractivity contribution in [1.29, 1.82) is 0 Å². The number of aromatic nitrogens is 4. The minimum atomic E-state index is -5.71. The van der Waals surface area contributed by atoms with Gasteiger partial charge in [-0.15, -0.1) is 0 Å². The Hall–Kier alpha value is 0.640. The van der Waals surface area contributed by atoms with Crippen molar-refractivity contribution in [1.82, 2.24) is 19.5 Å². The summed E-state index contributed by atoms with van der Waals surface area (Å²) in [5.41, 5.74) is -0.0122. The number of rotatable bonds is 8. The van der Waals surface area contributed by atoms with Gasteiger partial charge in [0.05, 0.1) is 12.9 Å². The molecule has 23 heteroatoms. The Balaban J connectivity index is 0.00000272. The van der Waals surface area contributed by atoms with Gasteiger partial charge < -0.3 is 39.6 Å². The van der Waals surface area contributed by atoms with Crippen LogP contribution in [0.15, 0.2) is 12.7 Å². The van der Waals surface area contributed by atoms with Crippen LogP contribution in [0.5, 0.6) is 5.88 Å². The van der Waals surface area contributed by atoms with Crippen molar-refractivity contribution in [3.05, 3.63) is 12.7 Å². The van der Waals surface area contributed by atoms with Gasteiger partial charge in [0.2, 0.25) is 5.88 Å². The number of fused-ring (bicyclic) bond motifs is 1. The zero-order valence-electron chi connectivity index (χ0n) is 14.8. The van der Waals surface area contributed by atoms with Crippen molar-refractivity contribution in [3.8, 4) is 5.88 Å². The summed E-state index contributed by atoms with van der Waals surface area (Å²) in [6, 6.07) is 0. The number of aromatic hydroxyl groups is 1. The molecule has 2 aromatic rings. The monoisotopic (exact) mass is 556 g/mol. The van der Waals surface area contributed by atoms with Crippen LogP contribution in [0.25, 0.3) is 11.2 Å². The first-order valence-corrected chi connectivity index (χ1v) is 12.4. The number of nitrogens with zero attached hydrogens (tertiary/aromatic N) is 4. The molecule has 0 bridgehead atoms. The molecule has 3 heterocycles. The van der Waals surface area contributed by atoms with E-state index in [9.17, 15) is 33.9 Å². The van der Waals surface area contributed by atoms with Crippen LogP contribution < -0.4 is 0 Å². The van der Waals surface area contributed by atoms with Crippen molar-refractivity contribution in [2.75, 3.05) is 6.61 Å². The molecule has 0 aromatic carbocycles. The Morgan fingerprint density at radius 3 is 2.21 bits per heavy atom. The second kappa shape index (κ2) is 11.8. The van der Waals surface area contributed by atoms with E-state index in [0.717, 1.165) is 17.2 Å². The third-order valence-electron chi connectivity index (χ3n) is 3.77. The fourth-order valence-corrected chi connectivity index (χ4v) is 5.62. The molecule has 1 aliphatic heterocycles. The Bertz CT molecular complexity index is 1110. The zero-order chi connectivity index (χ0) is 23.2. The first-order valence-electron chi connectivity index (χ1n) is 7.85. The van der Waals surface area contributed by atoms with Gasteiger partial charge >= 0.3 is 82.6 Å². The number of ether oxygens (including phenoxy) is 1. The summed E-state index contributed by atoms with van der Waals surface area (Å²) < 4.78 is 51.7. The number of hydrogen-bond acceptors (Lipinski definition) is 13. The Morgan fingerprint density at radius 1 is 0.970 bits per heavy atom. The SMILES string of the molecule is O=P(O)(O)OP(=O)(O)OP(=O)(O)OC[C@H]1O[C@@H](n2cnc3c(O)ncnc32)[C@H](O)[C@@H]1O.[NaH].[NaH]. The van der Waals surface area contributed by atoms with Crippen LogP contribution in [0.1, 0.15) is 6.23 Å². The molecule has 0 amide bonds. The van der Waals surface area contributed by atoms with E-state index in [4.69, 9.17) is 19.4 Å². The first kappa shape index (κ1) is 31.7. The van der Waals surface area contributed by atoms with Crippen molar-refractivity contribution >= 4 is 93.7 Å². The van der Waals surface area contributed by atoms with Crippen LogP contribution in [0.2, 0.25) is 0 Å². The third kappa shape index (κ3) is 8.06. The molecule has 178 valence electrons. The first-order chi connectivity index (χ1) is 14.2. The molecule has 2 unspecified atom stereocenters. The van der Waals surface area contributed by atoms with Crippen molar-refractivity contribution in [2.45, 2.75) is 24.5 Å². The van der Waals surface area contributed by atoms with E-state index in [0.29, 0.717) is 0 Å². The van der Waals surface area contributed by atoms with Crippen LogP contribution in [0, 0.1) is 0 Å². The zero-order valence-corrected chi connectivity index (χ0v) is 17.5. The number of imidazole rings is 1. The van der Waals surface area contributed by atoms with Gasteiger partial charge in [-0.1, -0.05) is 0 Å². The maximum absolute atomic E-state index is 11.8. The average molecular weight is 556 g/mol. The molecule has 1 aliphatic rings. The summed E-state index contributed by atoms with van der Waals surface area (Å²) in [7, 11) is -16.7. The molecule has 1 saturated heterocycles. The minimum absolute atomic E-state index is 0. The van der Waals surface area contributed by atoms with E-state index in [1.165, 1.54) is 0 Å². The van der Waals surface area contributed by atoms with E-state index < -0.39 is 60.5 Å². The van der Waals surface area contributed by atoms with Gasteiger partial charge in [-0.25, -0.2) is 23.7 Å². The van der Waals surface area contributed by atoms with Crippen LogP contribution >= 0.6 is 23.5 Å². The molecule has 33 heavy (non-hydrogen) atoms. The summed E-state index contributed by atoms with van der Waals surface area (Å²) in [6.45, 7) is -0.981. The van der Waals surface area contributed by atoms with Crippen LogP contribution in [-0.4, -0.2) is 138 Å². The number of phosphoric ester groups is 1. The molecule has 1 fully saturated rings. The number of aliphatic hydroxyl groups excluding tert-OH is 2.